The van der Waals surface area contributed by atoms with Crippen LogP contribution in [0.2, 0.25) is 0 Å². The Balaban J connectivity index is 1.49. The summed E-state index contributed by atoms with van der Waals surface area (Å²) in [6.45, 7) is 1.15. The molecule has 1 N–H and O–H groups in total. The van der Waals surface area contributed by atoms with Crippen molar-refractivity contribution in [2.24, 2.45) is 0 Å². The molecule has 1 aromatic carbocycles. The van der Waals surface area contributed by atoms with Crippen molar-refractivity contribution in [1.82, 2.24) is 19.9 Å². The maximum Gasteiger partial charge on any atom is 0.254 e. The number of rotatable bonds is 3. The summed E-state index contributed by atoms with van der Waals surface area (Å²) in [5.74, 6) is 0.205. The number of hydrogen-bond donors (Lipinski definition) is 1. The number of nitrogens with zero attached hydrogens (tertiary/aromatic N) is 4. The number of amides is 1. The molecule has 3 heterocycles. The average Bonchev–Trinajstić information content (AvgIpc) is 3.16. The van der Waals surface area contributed by atoms with E-state index in [9.17, 15) is 4.79 Å². The van der Waals surface area contributed by atoms with Crippen LogP contribution in [0.4, 0.5) is 0 Å². The van der Waals surface area contributed by atoms with E-state index in [0.29, 0.717) is 18.7 Å². The van der Waals surface area contributed by atoms with Crippen molar-refractivity contribution in [3.8, 4) is 11.9 Å². The molecule has 26 heavy (non-hydrogen) atoms. The van der Waals surface area contributed by atoms with Crippen LogP contribution in [0.3, 0.4) is 0 Å². The summed E-state index contributed by atoms with van der Waals surface area (Å²) in [4.78, 5) is 25.8. The van der Waals surface area contributed by atoms with E-state index in [-0.39, 0.29) is 23.6 Å². The first kappa shape index (κ1) is 16.1. The number of nitriles is 1. The second-order valence-electron chi connectivity index (χ2n) is 6.23. The number of hydrogen-bond acceptors (Lipinski definition) is 5. The minimum atomic E-state index is -0.203. The summed E-state index contributed by atoms with van der Waals surface area (Å²) in [5, 5.41) is 10.2. The standard InChI is InChI=1S/C19H17N5O2/c20-11-17-18(23-8-7-22-17)26-15-2-1-9-24(12-15)19(25)14-4-3-13-5-6-21-16(13)10-14/h3-8,10,15,21H,1-2,9,12H2/t15-/m1/s1. The van der Waals surface area contributed by atoms with Crippen LogP contribution in [0.25, 0.3) is 10.9 Å². The Bertz CT molecular complexity index is 991. The zero-order valence-corrected chi connectivity index (χ0v) is 14.1. The first-order valence-corrected chi connectivity index (χ1v) is 8.49. The smallest absolute Gasteiger partial charge is 0.254 e. The van der Waals surface area contributed by atoms with Gasteiger partial charge in [0.15, 0.2) is 0 Å². The maximum absolute atomic E-state index is 12.9. The molecule has 0 radical (unpaired) electrons. The third kappa shape index (κ3) is 3.09. The Morgan fingerprint density at radius 2 is 2.19 bits per heavy atom. The number of piperidine rings is 1. The maximum atomic E-state index is 12.9. The fourth-order valence-electron chi connectivity index (χ4n) is 3.23. The quantitative estimate of drug-likeness (QED) is 0.785. The van der Waals surface area contributed by atoms with Gasteiger partial charge in [0.05, 0.1) is 6.54 Å². The molecule has 0 unspecified atom stereocenters. The summed E-state index contributed by atoms with van der Waals surface area (Å²) >= 11 is 0. The summed E-state index contributed by atoms with van der Waals surface area (Å²) in [5.41, 5.74) is 1.75. The van der Waals surface area contributed by atoms with Crippen LogP contribution in [-0.4, -0.2) is 45.0 Å². The summed E-state index contributed by atoms with van der Waals surface area (Å²) in [6.07, 6.45) is 6.25. The van der Waals surface area contributed by atoms with Gasteiger partial charge in [-0.25, -0.2) is 9.97 Å². The van der Waals surface area contributed by atoms with Gasteiger partial charge in [-0.1, -0.05) is 6.07 Å². The van der Waals surface area contributed by atoms with Gasteiger partial charge in [-0.05, 0) is 36.4 Å². The molecule has 0 spiro atoms. The number of ether oxygens (including phenoxy) is 1. The summed E-state index contributed by atoms with van der Waals surface area (Å²) in [6, 6.07) is 9.61. The average molecular weight is 347 g/mol. The van der Waals surface area contributed by atoms with E-state index in [0.717, 1.165) is 23.7 Å². The number of aromatic amines is 1. The number of H-pyrrole nitrogens is 1. The molecule has 7 heteroatoms. The normalized spacial score (nSPS) is 17.0. The Kier molecular flexibility index (Phi) is 4.23. The highest BCUT2D eigenvalue weighted by atomic mass is 16.5. The molecule has 130 valence electrons. The van der Waals surface area contributed by atoms with Crippen molar-refractivity contribution in [3.63, 3.8) is 0 Å². The first-order chi connectivity index (χ1) is 12.7. The molecule has 3 aromatic rings. The van der Waals surface area contributed by atoms with Crippen LogP contribution in [0.15, 0.2) is 42.9 Å². The molecule has 1 atom stereocenters. The third-order valence-corrected chi connectivity index (χ3v) is 4.52. The van der Waals surface area contributed by atoms with Crippen LogP contribution in [0.5, 0.6) is 5.88 Å². The van der Waals surface area contributed by atoms with E-state index in [1.54, 1.807) is 4.90 Å². The predicted octanol–water partition coefficient (Wildman–Crippen LogP) is 2.51. The van der Waals surface area contributed by atoms with E-state index >= 15 is 0 Å². The summed E-state index contributed by atoms with van der Waals surface area (Å²) in [7, 11) is 0. The van der Waals surface area contributed by atoms with Crippen LogP contribution in [-0.2, 0) is 0 Å². The van der Waals surface area contributed by atoms with Gasteiger partial charge in [0, 0.05) is 36.2 Å². The van der Waals surface area contributed by atoms with Gasteiger partial charge in [0.2, 0.25) is 5.69 Å². The molecular formula is C19H17N5O2. The highest BCUT2D eigenvalue weighted by Gasteiger charge is 2.27. The van der Waals surface area contributed by atoms with Crippen LogP contribution >= 0.6 is 0 Å². The fraction of sp³-hybridized carbons (Fsp3) is 0.263. The molecule has 7 nitrogen and oxygen atoms in total. The van der Waals surface area contributed by atoms with Gasteiger partial charge >= 0.3 is 0 Å². The number of fused-ring (bicyclic) bond motifs is 1. The lowest BCUT2D eigenvalue weighted by Crippen LogP contribution is -2.44. The van der Waals surface area contributed by atoms with Crippen molar-refractivity contribution >= 4 is 16.8 Å². The fourth-order valence-corrected chi connectivity index (χ4v) is 3.23. The van der Waals surface area contributed by atoms with E-state index < -0.39 is 0 Å². The van der Waals surface area contributed by atoms with Crippen molar-refractivity contribution in [2.45, 2.75) is 18.9 Å². The number of benzene rings is 1. The SMILES string of the molecule is N#Cc1nccnc1O[C@@H]1CCCN(C(=O)c2ccc3cc[nH]c3c2)C1. The van der Waals surface area contributed by atoms with E-state index in [1.165, 1.54) is 12.4 Å². The Morgan fingerprint density at radius 3 is 3.08 bits per heavy atom. The molecule has 1 aliphatic rings. The minimum absolute atomic E-state index is 0.0190. The monoisotopic (exact) mass is 347 g/mol. The van der Waals surface area contributed by atoms with Gasteiger partial charge in [-0.2, -0.15) is 5.26 Å². The van der Waals surface area contributed by atoms with Crippen LogP contribution < -0.4 is 4.74 Å². The number of nitrogens with one attached hydrogen (secondary N) is 1. The van der Waals surface area contributed by atoms with Gasteiger partial charge in [0.25, 0.3) is 11.8 Å². The highest BCUT2D eigenvalue weighted by molar-refractivity contribution is 5.98. The molecule has 1 saturated heterocycles. The van der Waals surface area contributed by atoms with Crippen LogP contribution in [0.1, 0.15) is 28.9 Å². The topological polar surface area (TPSA) is 94.9 Å². The second-order valence-corrected chi connectivity index (χ2v) is 6.23. The Labute approximate surface area is 150 Å². The van der Waals surface area contributed by atoms with E-state index in [4.69, 9.17) is 10.00 Å². The lowest BCUT2D eigenvalue weighted by Gasteiger charge is -2.32. The number of likely N-dealkylation sites (tertiary alicyclic amines) is 1. The number of aromatic nitrogens is 3. The molecular weight excluding hydrogens is 330 g/mol. The second kappa shape index (κ2) is 6.84. The van der Waals surface area contributed by atoms with Gasteiger partial charge in [-0.3, -0.25) is 4.79 Å². The first-order valence-electron chi connectivity index (χ1n) is 8.49. The van der Waals surface area contributed by atoms with Gasteiger partial charge < -0.3 is 14.6 Å². The number of carbonyl (C=O) groups is 1. The molecule has 0 saturated carbocycles. The highest BCUT2D eigenvalue weighted by Crippen LogP contribution is 2.21. The van der Waals surface area contributed by atoms with Crippen molar-refractivity contribution in [3.05, 3.63) is 54.1 Å². The third-order valence-electron chi connectivity index (χ3n) is 4.52. The lowest BCUT2D eigenvalue weighted by atomic mass is 10.1. The van der Waals surface area contributed by atoms with Gasteiger partial charge in [-0.15, -0.1) is 0 Å². The zero-order valence-electron chi connectivity index (χ0n) is 14.1. The number of carbonyl (C=O) groups excluding carboxylic acids is 1. The van der Waals surface area contributed by atoms with Crippen molar-refractivity contribution in [2.75, 3.05) is 13.1 Å². The Hall–Kier alpha value is -3.40. The van der Waals surface area contributed by atoms with E-state index in [1.807, 2.05) is 36.5 Å². The molecule has 1 amide bonds. The largest absolute Gasteiger partial charge is 0.470 e. The van der Waals surface area contributed by atoms with Crippen LogP contribution in [0, 0.1) is 11.3 Å². The van der Waals surface area contributed by atoms with E-state index in [2.05, 4.69) is 15.0 Å². The molecule has 1 fully saturated rings. The molecule has 2 aromatic heterocycles. The molecule has 0 bridgehead atoms. The lowest BCUT2D eigenvalue weighted by molar-refractivity contribution is 0.0526. The Morgan fingerprint density at radius 1 is 1.31 bits per heavy atom. The zero-order chi connectivity index (χ0) is 17.9. The molecule has 0 aliphatic carbocycles. The van der Waals surface area contributed by atoms with Crippen molar-refractivity contribution in [1.29, 1.82) is 5.26 Å². The minimum Gasteiger partial charge on any atom is -0.470 e. The molecule has 4 rings (SSSR count). The predicted molar refractivity (Wildman–Crippen MR) is 94.6 cm³/mol. The molecule has 1 aliphatic heterocycles. The van der Waals surface area contributed by atoms with Gasteiger partial charge in [0.1, 0.15) is 12.2 Å². The van der Waals surface area contributed by atoms with Crippen molar-refractivity contribution < 1.29 is 9.53 Å². The summed E-state index contributed by atoms with van der Waals surface area (Å²) < 4.78 is 5.86.